The molecule has 0 bridgehead atoms. The van der Waals surface area contributed by atoms with Gasteiger partial charge in [0.05, 0.1) is 13.2 Å². The summed E-state index contributed by atoms with van der Waals surface area (Å²) >= 11 is 0. The Morgan fingerprint density at radius 2 is 1.44 bits per heavy atom. The van der Waals surface area contributed by atoms with Crippen molar-refractivity contribution in [2.24, 2.45) is 11.7 Å². The number of ketones is 2. The van der Waals surface area contributed by atoms with E-state index < -0.39 is 18.6 Å². The highest BCUT2D eigenvalue weighted by Crippen LogP contribution is 2.13. The number of Topliss-reactive ketones (excluding diaryl/α,β-unsaturated/α-hetero) is 2. The highest BCUT2D eigenvalue weighted by atomic mass is 16.5. The zero-order valence-corrected chi connectivity index (χ0v) is 17.0. The minimum atomic E-state index is -1.16. The van der Waals surface area contributed by atoms with Crippen molar-refractivity contribution in [1.29, 1.82) is 0 Å². The molecule has 0 radical (unpaired) electrons. The van der Waals surface area contributed by atoms with Crippen molar-refractivity contribution >= 4 is 17.5 Å². The van der Waals surface area contributed by atoms with E-state index in [9.17, 15) is 19.6 Å². The van der Waals surface area contributed by atoms with E-state index >= 15 is 0 Å². The van der Waals surface area contributed by atoms with Gasteiger partial charge >= 0.3 is 0 Å². The van der Waals surface area contributed by atoms with Gasteiger partial charge in [-0.3, -0.25) is 19.6 Å². The highest BCUT2D eigenvalue weighted by Gasteiger charge is 2.19. The largest absolute Gasteiger partial charge is 0.394 e. The molecular formula is C20H38N2O5. The molecule has 0 heterocycles. The van der Waals surface area contributed by atoms with Crippen LogP contribution in [0.5, 0.6) is 0 Å². The molecule has 7 heteroatoms. The second kappa shape index (κ2) is 15.7. The van der Waals surface area contributed by atoms with Crippen molar-refractivity contribution < 1.29 is 24.7 Å². The van der Waals surface area contributed by atoms with E-state index in [0.29, 0.717) is 36.0 Å². The first-order chi connectivity index (χ1) is 12.8. The standard InChI is InChI=1S/C20H38N2O5/c1-3-16(2)9-8-12-17(24)10-6-4-5-7-11-18(25)13-14-22(27)20(26)19(21)15-23/h16,19,23,27H,3-15,21H2,1-2H3/t16-,19+/m0/s1. The van der Waals surface area contributed by atoms with E-state index in [1.54, 1.807) is 0 Å². The summed E-state index contributed by atoms with van der Waals surface area (Å²) < 4.78 is 0. The number of aliphatic hydroxyl groups excluding tert-OH is 1. The number of hydroxylamine groups is 2. The quantitative estimate of drug-likeness (QED) is 0.201. The van der Waals surface area contributed by atoms with Crippen LogP contribution in [0.4, 0.5) is 0 Å². The number of carbonyl (C=O) groups excluding carboxylic acids is 3. The van der Waals surface area contributed by atoms with Crippen molar-refractivity contribution in [2.45, 2.75) is 90.5 Å². The van der Waals surface area contributed by atoms with Gasteiger partial charge in [-0.05, 0) is 25.2 Å². The van der Waals surface area contributed by atoms with Gasteiger partial charge in [0, 0.05) is 25.7 Å². The lowest BCUT2D eigenvalue weighted by Gasteiger charge is -2.17. The molecule has 158 valence electrons. The van der Waals surface area contributed by atoms with Crippen LogP contribution in [0.2, 0.25) is 0 Å². The van der Waals surface area contributed by atoms with E-state index in [1.807, 2.05) is 0 Å². The minimum Gasteiger partial charge on any atom is -0.394 e. The van der Waals surface area contributed by atoms with E-state index in [1.165, 1.54) is 0 Å². The molecule has 0 aromatic heterocycles. The van der Waals surface area contributed by atoms with Crippen molar-refractivity contribution in [1.82, 2.24) is 5.06 Å². The zero-order valence-electron chi connectivity index (χ0n) is 17.0. The summed E-state index contributed by atoms with van der Waals surface area (Å²) in [6, 6.07) is -1.16. The highest BCUT2D eigenvalue weighted by molar-refractivity contribution is 5.82. The lowest BCUT2D eigenvalue weighted by Crippen LogP contribution is -2.44. The zero-order chi connectivity index (χ0) is 20.7. The molecule has 1 amide bonds. The summed E-state index contributed by atoms with van der Waals surface area (Å²) in [6.45, 7) is 3.72. The molecule has 0 aliphatic rings. The Balaban J connectivity index is 3.63. The molecule has 0 spiro atoms. The molecule has 0 aliphatic heterocycles. The van der Waals surface area contributed by atoms with Gasteiger partial charge in [0.25, 0.3) is 5.91 Å². The van der Waals surface area contributed by atoms with E-state index in [4.69, 9.17) is 10.8 Å². The number of hydrogen-bond acceptors (Lipinski definition) is 6. The summed E-state index contributed by atoms with van der Waals surface area (Å²) in [5, 5.41) is 18.6. The number of rotatable bonds is 17. The molecule has 7 nitrogen and oxygen atoms in total. The SMILES string of the molecule is CC[C@H](C)CCCC(=O)CCCCCCC(=O)CCN(O)C(=O)[C@H](N)CO. The van der Waals surface area contributed by atoms with Gasteiger partial charge in [-0.25, -0.2) is 5.06 Å². The molecule has 0 aliphatic carbocycles. The smallest absolute Gasteiger partial charge is 0.265 e. The summed E-state index contributed by atoms with van der Waals surface area (Å²) in [6.07, 6.45) is 8.47. The maximum Gasteiger partial charge on any atom is 0.265 e. The molecule has 0 fully saturated rings. The van der Waals surface area contributed by atoms with E-state index in [-0.39, 0.29) is 18.7 Å². The maximum absolute atomic E-state index is 11.8. The average Bonchev–Trinajstić information content (AvgIpc) is 2.67. The van der Waals surface area contributed by atoms with Gasteiger partial charge in [-0.1, -0.05) is 39.5 Å². The Bertz CT molecular complexity index is 442. The van der Waals surface area contributed by atoms with E-state index in [2.05, 4.69) is 13.8 Å². The van der Waals surface area contributed by atoms with Gasteiger partial charge in [-0.2, -0.15) is 0 Å². The molecule has 0 aromatic rings. The Labute approximate surface area is 163 Å². The third kappa shape index (κ3) is 13.5. The summed E-state index contributed by atoms with van der Waals surface area (Å²) in [5.74, 6) is 0.209. The van der Waals surface area contributed by atoms with Crippen molar-refractivity contribution in [3.05, 3.63) is 0 Å². The maximum atomic E-state index is 11.8. The van der Waals surface area contributed by atoms with Gasteiger partial charge in [-0.15, -0.1) is 0 Å². The lowest BCUT2D eigenvalue weighted by atomic mass is 9.99. The first-order valence-corrected chi connectivity index (χ1v) is 10.2. The monoisotopic (exact) mass is 386 g/mol. The molecule has 0 aromatic carbocycles. The summed E-state index contributed by atoms with van der Waals surface area (Å²) in [4.78, 5) is 35.0. The molecule has 27 heavy (non-hydrogen) atoms. The molecule has 0 saturated carbocycles. The molecule has 2 atom stereocenters. The van der Waals surface area contributed by atoms with Crippen molar-refractivity contribution in [3.63, 3.8) is 0 Å². The van der Waals surface area contributed by atoms with Crippen LogP contribution in [0.25, 0.3) is 0 Å². The van der Waals surface area contributed by atoms with Gasteiger partial charge in [0.15, 0.2) is 0 Å². The molecule has 0 saturated heterocycles. The Morgan fingerprint density at radius 3 is 1.96 bits per heavy atom. The van der Waals surface area contributed by atoms with Crippen LogP contribution in [0.3, 0.4) is 0 Å². The Morgan fingerprint density at radius 1 is 0.926 bits per heavy atom. The number of aliphatic hydroxyl groups is 1. The third-order valence-electron chi connectivity index (χ3n) is 4.88. The fourth-order valence-electron chi connectivity index (χ4n) is 2.71. The minimum absolute atomic E-state index is 0.0273. The van der Waals surface area contributed by atoms with Gasteiger partial charge in [0.1, 0.15) is 17.6 Å². The van der Waals surface area contributed by atoms with Crippen LogP contribution in [-0.4, -0.2) is 52.0 Å². The number of unbranched alkanes of at least 4 members (excludes halogenated alkanes) is 3. The van der Waals surface area contributed by atoms with Crippen LogP contribution < -0.4 is 5.73 Å². The van der Waals surface area contributed by atoms with Crippen LogP contribution >= 0.6 is 0 Å². The van der Waals surface area contributed by atoms with Crippen LogP contribution in [0.1, 0.15) is 84.5 Å². The van der Waals surface area contributed by atoms with Crippen LogP contribution in [0.15, 0.2) is 0 Å². The van der Waals surface area contributed by atoms with Gasteiger partial charge in [0.2, 0.25) is 0 Å². The molecule has 0 unspecified atom stereocenters. The third-order valence-corrected chi connectivity index (χ3v) is 4.88. The molecule has 0 rings (SSSR count). The second-order valence-electron chi connectivity index (χ2n) is 7.40. The molecular weight excluding hydrogens is 348 g/mol. The van der Waals surface area contributed by atoms with Crippen molar-refractivity contribution in [2.75, 3.05) is 13.2 Å². The first-order valence-electron chi connectivity index (χ1n) is 10.2. The Kier molecular flexibility index (Phi) is 15.0. The fraction of sp³-hybridized carbons (Fsp3) is 0.850. The predicted molar refractivity (Wildman–Crippen MR) is 104 cm³/mol. The summed E-state index contributed by atoms with van der Waals surface area (Å²) in [7, 11) is 0. The van der Waals surface area contributed by atoms with Gasteiger partial charge < -0.3 is 10.8 Å². The van der Waals surface area contributed by atoms with Crippen LogP contribution in [-0.2, 0) is 14.4 Å². The lowest BCUT2D eigenvalue weighted by molar-refractivity contribution is -0.168. The second-order valence-corrected chi connectivity index (χ2v) is 7.40. The number of hydrogen-bond donors (Lipinski definition) is 3. The number of nitrogens with two attached hydrogens (primary N) is 1. The fourth-order valence-corrected chi connectivity index (χ4v) is 2.71. The first kappa shape index (κ1) is 25.7. The average molecular weight is 387 g/mol. The normalized spacial score (nSPS) is 13.2. The topological polar surface area (TPSA) is 121 Å². The number of carbonyl (C=O) groups is 3. The summed E-state index contributed by atoms with van der Waals surface area (Å²) in [5.41, 5.74) is 5.31. The predicted octanol–water partition coefficient (Wildman–Crippen LogP) is 2.61. The van der Waals surface area contributed by atoms with Crippen molar-refractivity contribution in [3.8, 4) is 0 Å². The van der Waals surface area contributed by atoms with Crippen LogP contribution in [0, 0.1) is 5.92 Å². The number of amides is 1. The molecule has 4 N–H and O–H groups in total. The number of nitrogens with zero attached hydrogens (tertiary/aromatic N) is 1. The van der Waals surface area contributed by atoms with E-state index in [0.717, 1.165) is 44.9 Å². The Hall–Kier alpha value is -1.31.